The van der Waals surface area contributed by atoms with Crippen LogP contribution in [0.15, 0.2) is 67.0 Å². The molecule has 1 fully saturated rings. The Labute approximate surface area is 188 Å². The van der Waals surface area contributed by atoms with E-state index in [-0.39, 0.29) is 5.91 Å². The van der Waals surface area contributed by atoms with Crippen molar-refractivity contribution in [2.75, 3.05) is 11.9 Å². The van der Waals surface area contributed by atoms with Crippen LogP contribution in [0.1, 0.15) is 48.5 Å². The normalized spacial score (nSPS) is 13.5. The molecule has 32 heavy (non-hydrogen) atoms. The van der Waals surface area contributed by atoms with E-state index in [2.05, 4.69) is 10.3 Å². The van der Waals surface area contributed by atoms with Gasteiger partial charge in [0, 0.05) is 23.6 Å². The molecule has 6 nitrogen and oxygen atoms in total. The van der Waals surface area contributed by atoms with E-state index in [0.717, 1.165) is 24.2 Å². The number of carbonyl (C=O) groups excluding carboxylic acids is 1. The van der Waals surface area contributed by atoms with Gasteiger partial charge in [0.05, 0.1) is 12.7 Å². The predicted molar refractivity (Wildman–Crippen MR) is 123 cm³/mol. The molecular formula is C26H28N2O4. The SMILES string of the molecule is CCOc1cc(C(=O)Nc2ccc(OC3CCCC3)cc2)ccc1OCc1ccncc1. The molecule has 1 aromatic heterocycles. The fraction of sp³-hybridized carbons (Fsp3) is 0.308. The summed E-state index contributed by atoms with van der Waals surface area (Å²) in [6, 6.07) is 16.5. The molecule has 1 heterocycles. The molecule has 3 aromatic rings. The Morgan fingerprint density at radius 1 is 0.969 bits per heavy atom. The van der Waals surface area contributed by atoms with Crippen molar-refractivity contribution in [3.8, 4) is 17.2 Å². The number of ether oxygens (including phenoxy) is 3. The van der Waals surface area contributed by atoms with Gasteiger partial charge < -0.3 is 19.5 Å². The Morgan fingerprint density at radius 3 is 2.44 bits per heavy atom. The molecule has 0 spiro atoms. The first-order valence-electron chi connectivity index (χ1n) is 11.1. The van der Waals surface area contributed by atoms with Crippen LogP contribution in [0.4, 0.5) is 5.69 Å². The average molecular weight is 433 g/mol. The first kappa shape index (κ1) is 21.7. The van der Waals surface area contributed by atoms with Gasteiger partial charge in [0.2, 0.25) is 0 Å². The standard InChI is InChI=1S/C26H28N2O4/c1-2-30-25-17-20(7-12-24(25)31-18-19-13-15-27-16-14-19)26(29)28-21-8-10-23(11-9-21)32-22-5-3-4-6-22/h7-17,22H,2-6,18H2,1H3,(H,28,29). The van der Waals surface area contributed by atoms with E-state index < -0.39 is 0 Å². The van der Waals surface area contributed by atoms with Crippen LogP contribution in [0.3, 0.4) is 0 Å². The maximum absolute atomic E-state index is 12.8. The van der Waals surface area contributed by atoms with E-state index in [1.165, 1.54) is 12.8 Å². The lowest BCUT2D eigenvalue weighted by Crippen LogP contribution is -2.13. The molecule has 1 aliphatic rings. The number of benzene rings is 2. The van der Waals surface area contributed by atoms with Crippen LogP contribution in [-0.4, -0.2) is 23.6 Å². The minimum atomic E-state index is -0.212. The van der Waals surface area contributed by atoms with Crippen LogP contribution in [0.5, 0.6) is 17.2 Å². The first-order chi connectivity index (χ1) is 15.7. The van der Waals surface area contributed by atoms with E-state index in [9.17, 15) is 4.79 Å². The van der Waals surface area contributed by atoms with E-state index in [1.54, 1.807) is 30.6 Å². The van der Waals surface area contributed by atoms with Crippen molar-refractivity contribution in [2.45, 2.75) is 45.3 Å². The first-order valence-corrected chi connectivity index (χ1v) is 11.1. The molecule has 0 aliphatic heterocycles. The van der Waals surface area contributed by atoms with Crippen LogP contribution >= 0.6 is 0 Å². The molecule has 1 aliphatic carbocycles. The lowest BCUT2D eigenvalue weighted by molar-refractivity contribution is 0.102. The van der Waals surface area contributed by atoms with E-state index >= 15 is 0 Å². The number of nitrogens with one attached hydrogen (secondary N) is 1. The average Bonchev–Trinajstić information content (AvgIpc) is 3.33. The number of hydrogen-bond acceptors (Lipinski definition) is 5. The van der Waals surface area contributed by atoms with Gasteiger partial charge in [-0.05, 0) is 92.8 Å². The van der Waals surface area contributed by atoms with Gasteiger partial charge in [-0.15, -0.1) is 0 Å². The van der Waals surface area contributed by atoms with Gasteiger partial charge in [0.15, 0.2) is 11.5 Å². The smallest absolute Gasteiger partial charge is 0.255 e. The summed E-state index contributed by atoms with van der Waals surface area (Å²) in [4.78, 5) is 16.8. The molecule has 1 amide bonds. The minimum Gasteiger partial charge on any atom is -0.490 e. The Bertz CT molecular complexity index is 1020. The molecule has 166 valence electrons. The molecule has 6 heteroatoms. The van der Waals surface area contributed by atoms with Crippen molar-refractivity contribution in [1.82, 2.24) is 4.98 Å². The van der Waals surface area contributed by atoms with Gasteiger partial charge in [0.25, 0.3) is 5.91 Å². The van der Waals surface area contributed by atoms with Crippen molar-refractivity contribution in [3.63, 3.8) is 0 Å². The zero-order valence-electron chi connectivity index (χ0n) is 18.3. The molecule has 0 radical (unpaired) electrons. The van der Waals surface area contributed by atoms with E-state index in [4.69, 9.17) is 14.2 Å². The van der Waals surface area contributed by atoms with Gasteiger partial charge in [-0.2, -0.15) is 0 Å². The zero-order chi connectivity index (χ0) is 22.2. The summed E-state index contributed by atoms with van der Waals surface area (Å²) in [5.74, 6) is 1.75. The largest absolute Gasteiger partial charge is 0.490 e. The summed E-state index contributed by atoms with van der Waals surface area (Å²) < 4.78 is 17.6. The molecule has 0 bridgehead atoms. The number of carbonyl (C=O) groups is 1. The van der Waals surface area contributed by atoms with Crippen molar-refractivity contribution < 1.29 is 19.0 Å². The number of rotatable bonds is 9. The van der Waals surface area contributed by atoms with Gasteiger partial charge in [-0.1, -0.05) is 0 Å². The number of nitrogens with zero attached hydrogens (tertiary/aromatic N) is 1. The van der Waals surface area contributed by atoms with Crippen molar-refractivity contribution in [3.05, 3.63) is 78.1 Å². The van der Waals surface area contributed by atoms with Gasteiger partial charge in [-0.3, -0.25) is 9.78 Å². The third-order valence-corrected chi connectivity index (χ3v) is 5.37. The highest BCUT2D eigenvalue weighted by atomic mass is 16.5. The number of pyridine rings is 1. The Kier molecular flexibility index (Phi) is 7.23. The molecule has 0 unspecified atom stereocenters. The van der Waals surface area contributed by atoms with Gasteiger partial charge in [0.1, 0.15) is 12.4 Å². The lowest BCUT2D eigenvalue weighted by atomic mass is 10.1. The highest BCUT2D eigenvalue weighted by Gasteiger charge is 2.16. The van der Waals surface area contributed by atoms with Crippen LogP contribution in [-0.2, 0) is 6.61 Å². The third kappa shape index (κ3) is 5.78. The Hall–Kier alpha value is -3.54. The van der Waals surface area contributed by atoms with Crippen LogP contribution in [0, 0.1) is 0 Å². The van der Waals surface area contributed by atoms with Gasteiger partial charge in [-0.25, -0.2) is 0 Å². The lowest BCUT2D eigenvalue weighted by Gasteiger charge is -2.14. The van der Waals surface area contributed by atoms with Gasteiger partial charge >= 0.3 is 0 Å². The molecular weight excluding hydrogens is 404 g/mol. The highest BCUT2D eigenvalue weighted by Crippen LogP contribution is 2.30. The summed E-state index contributed by atoms with van der Waals surface area (Å²) in [6.45, 7) is 2.76. The molecule has 0 atom stereocenters. The summed E-state index contributed by atoms with van der Waals surface area (Å²) in [5.41, 5.74) is 2.21. The minimum absolute atomic E-state index is 0.212. The second-order valence-corrected chi connectivity index (χ2v) is 7.74. The monoisotopic (exact) mass is 432 g/mol. The number of anilines is 1. The molecule has 4 rings (SSSR count). The Morgan fingerprint density at radius 2 is 1.72 bits per heavy atom. The molecule has 2 aromatic carbocycles. The molecule has 0 saturated heterocycles. The topological polar surface area (TPSA) is 69.7 Å². The summed E-state index contributed by atoms with van der Waals surface area (Å²) in [5, 5.41) is 2.93. The van der Waals surface area contributed by atoms with Crippen LogP contribution in [0.25, 0.3) is 0 Å². The van der Waals surface area contributed by atoms with E-state index in [0.29, 0.717) is 42.1 Å². The van der Waals surface area contributed by atoms with Crippen molar-refractivity contribution in [2.24, 2.45) is 0 Å². The Balaban J connectivity index is 1.39. The molecule has 1 N–H and O–H groups in total. The summed E-state index contributed by atoms with van der Waals surface area (Å²) in [6.07, 6.45) is 8.45. The highest BCUT2D eigenvalue weighted by molar-refractivity contribution is 6.04. The fourth-order valence-electron chi connectivity index (χ4n) is 3.70. The fourth-order valence-corrected chi connectivity index (χ4v) is 3.70. The van der Waals surface area contributed by atoms with Crippen LogP contribution in [0.2, 0.25) is 0 Å². The van der Waals surface area contributed by atoms with E-state index in [1.807, 2.05) is 43.3 Å². The number of aromatic nitrogens is 1. The van der Waals surface area contributed by atoms with Crippen molar-refractivity contribution >= 4 is 11.6 Å². The second-order valence-electron chi connectivity index (χ2n) is 7.74. The summed E-state index contributed by atoms with van der Waals surface area (Å²) in [7, 11) is 0. The quantitative estimate of drug-likeness (QED) is 0.474. The summed E-state index contributed by atoms with van der Waals surface area (Å²) >= 11 is 0. The zero-order valence-corrected chi connectivity index (χ0v) is 18.3. The number of hydrogen-bond donors (Lipinski definition) is 1. The maximum Gasteiger partial charge on any atom is 0.255 e. The van der Waals surface area contributed by atoms with Crippen LogP contribution < -0.4 is 19.5 Å². The second kappa shape index (κ2) is 10.7. The third-order valence-electron chi connectivity index (χ3n) is 5.37. The maximum atomic E-state index is 12.8. The molecule has 1 saturated carbocycles. The van der Waals surface area contributed by atoms with Crippen molar-refractivity contribution in [1.29, 1.82) is 0 Å². The number of amides is 1. The predicted octanol–water partition coefficient (Wildman–Crippen LogP) is 5.63.